The van der Waals surface area contributed by atoms with E-state index in [9.17, 15) is 8.78 Å². The summed E-state index contributed by atoms with van der Waals surface area (Å²) in [6.45, 7) is 0. The standard InChI is InChI=1S/C12H8Br2F2S/c13-9(8-5-12(14)17-6-8)3-7-1-2-10(15)11(16)4-7/h1-2,4-6,9H,3H2. The first kappa shape index (κ1) is 13.2. The molecule has 17 heavy (non-hydrogen) atoms. The van der Waals surface area contributed by atoms with Crippen molar-refractivity contribution in [3.8, 4) is 0 Å². The van der Waals surface area contributed by atoms with Gasteiger partial charge in [0.05, 0.1) is 3.79 Å². The van der Waals surface area contributed by atoms with E-state index in [-0.39, 0.29) is 4.83 Å². The molecule has 90 valence electrons. The monoisotopic (exact) mass is 380 g/mol. The molecule has 0 saturated heterocycles. The Morgan fingerprint density at radius 2 is 1.94 bits per heavy atom. The number of halogens is 4. The van der Waals surface area contributed by atoms with Crippen molar-refractivity contribution in [2.45, 2.75) is 11.2 Å². The van der Waals surface area contributed by atoms with E-state index in [0.29, 0.717) is 6.42 Å². The average Bonchev–Trinajstić information content (AvgIpc) is 2.70. The molecule has 0 amide bonds. The van der Waals surface area contributed by atoms with Gasteiger partial charge in [-0.3, -0.25) is 0 Å². The molecule has 5 heteroatoms. The Kier molecular flexibility index (Phi) is 4.33. The van der Waals surface area contributed by atoms with Gasteiger partial charge in [0.2, 0.25) is 0 Å². The van der Waals surface area contributed by atoms with Crippen LogP contribution in [0.3, 0.4) is 0 Å². The fourth-order valence-electron chi connectivity index (χ4n) is 1.48. The van der Waals surface area contributed by atoms with E-state index in [1.165, 1.54) is 6.07 Å². The van der Waals surface area contributed by atoms with Crippen molar-refractivity contribution in [2.24, 2.45) is 0 Å². The summed E-state index contributed by atoms with van der Waals surface area (Å²) in [6, 6.07) is 6.02. The van der Waals surface area contributed by atoms with Crippen LogP contribution in [-0.4, -0.2) is 0 Å². The van der Waals surface area contributed by atoms with Gasteiger partial charge in [-0.05, 0) is 57.1 Å². The molecule has 0 nitrogen and oxygen atoms in total. The Bertz CT molecular complexity index is 525. The zero-order chi connectivity index (χ0) is 12.4. The Balaban J connectivity index is 2.12. The van der Waals surface area contributed by atoms with Crippen LogP contribution in [-0.2, 0) is 6.42 Å². The summed E-state index contributed by atoms with van der Waals surface area (Å²) in [5.74, 6) is -1.60. The highest BCUT2D eigenvalue weighted by atomic mass is 79.9. The normalized spacial score (nSPS) is 12.7. The molecule has 1 unspecified atom stereocenters. The minimum atomic E-state index is -0.807. The summed E-state index contributed by atoms with van der Waals surface area (Å²) < 4.78 is 26.9. The van der Waals surface area contributed by atoms with Crippen LogP contribution in [0, 0.1) is 11.6 Å². The average molecular weight is 382 g/mol. The predicted molar refractivity (Wildman–Crippen MR) is 73.7 cm³/mol. The van der Waals surface area contributed by atoms with Crippen molar-refractivity contribution < 1.29 is 8.78 Å². The third kappa shape index (κ3) is 3.36. The van der Waals surface area contributed by atoms with Gasteiger partial charge in [-0.25, -0.2) is 8.78 Å². The van der Waals surface area contributed by atoms with Gasteiger partial charge < -0.3 is 0 Å². The molecule has 2 aromatic rings. The lowest BCUT2D eigenvalue weighted by Crippen LogP contribution is -1.95. The first-order valence-electron chi connectivity index (χ1n) is 4.88. The number of thiophene rings is 1. The van der Waals surface area contributed by atoms with Crippen molar-refractivity contribution >= 4 is 43.2 Å². The molecular weight excluding hydrogens is 374 g/mol. The molecule has 2 rings (SSSR count). The second kappa shape index (κ2) is 5.59. The molecule has 0 fully saturated rings. The lowest BCUT2D eigenvalue weighted by atomic mass is 10.1. The van der Waals surface area contributed by atoms with Crippen LogP contribution in [0.5, 0.6) is 0 Å². The van der Waals surface area contributed by atoms with Gasteiger partial charge >= 0.3 is 0 Å². The highest BCUT2D eigenvalue weighted by molar-refractivity contribution is 9.11. The molecule has 0 aliphatic carbocycles. The van der Waals surface area contributed by atoms with Gasteiger partial charge in [0.25, 0.3) is 0 Å². The third-order valence-electron chi connectivity index (χ3n) is 2.35. The fraction of sp³-hybridized carbons (Fsp3) is 0.167. The quantitative estimate of drug-likeness (QED) is 0.618. The summed E-state index contributed by atoms with van der Waals surface area (Å²) in [6.07, 6.45) is 0.625. The van der Waals surface area contributed by atoms with Crippen molar-refractivity contribution in [3.05, 3.63) is 56.2 Å². The van der Waals surface area contributed by atoms with Gasteiger partial charge in [0.15, 0.2) is 11.6 Å². The van der Waals surface area contributed by atoms with Crippen molar-refractivity contribution in [1.29, 1.82) is 0 Å². The fourth-order valence-corrected chi connectivity index (χ4v) is 3.52. The molecule has 0 N–H and O–H groups in total. The number of alkyl halides is 1. The second-order valence-electron chi connectivity index (χ2n) is 3.60. The molecule has 1 aromatic heterocycles. The molecular formula is C12H8Br2F2S. The van der Waals surface area contributed by atoms with Gasteiger partial charge in [-0.2, -0.15) is 0 Å². The van der Waals surface area contributed by atoms with Gasteiger partial charge in [0.1, 0.15) is 0 Å². The highest BCUT2D eigenvalue weighted by Crippen LogP contribution is 2.32. The first-order valence-corrected chi connectivity index (χ1v) is 7.47. The number of benzene rings is 1. The van der Waals surface area contributed by atoms with Gasteiger partial charge in [-0.1, -0.05) is 22.0 Å². The largest absolute Gasteiger partial charge is 0.204 e. The summed E-state index contributed by atoms with van der Waals surface area (Å²) >= 11 is 8.55. The zero-order valence-corrected chi connectivity index (χ0v) is 12.6. The summed E-state index contributed by atoms with van der Waals surface area (Å²) in [4.78, 5) is 0.106. The van der Waals surface area contributed by atoms with Crippen LogP contribution < -0.4 is 0 Å². The van der Waals surface area contributed by atoms with Crippen LogP contribution in [0.1, 0.15) is 16.0 Å². The molecule has 1 aromatic carbocycles. The molecule has 1 atom stereocenters. The maximum atomic E-state index is 13.0. The van der Waals surface area contributed by atoms with Crippen molar-refractivity contribution in [2.75, 3.05) is 0 Å². The third-order valence-corrected chi connectivity index (χ3v) is 4.72. The van der Waals surface area contributed by atoms with E-state index in [4.69, 9.17) is 0 Å². The second-order valence-corrected chi connectivity index (χ2v) is 7.00. The Hall–Kier alpha value is -0.260. The van der Waals surface area contributed by atoms with E-state index >= 15 is 0 Å². The maximum absolute atomic E-state index is 13.0. The summed E-state index contributed by atoms with van der Waals surface area (Å²) in [5, 5.41) is 2.03. The van der Waals surface area contributed by atoms with Crippen molar-refractivity contribution in [1.82, 2.24) is 0 Å². The van der Waals surface area contributed by atoms with E-state index in [1.807, 2.05) is 11.4 Å². The molecule has 0 aliphatic rings. The molecule has 1 heterocycles. The van der Waals surface area contributed by atoms with Crippen LogP contribution >= 0.6 is 43.2 Å². The summed E-state index contributed by atoms with van der Waals surface area (Å²) in [7, 11) is 0. The topological polar surface area (TPSA) is 0 Å². The van der Waals surface area contributed by atoms with Crippen LogP contribution in [0.15, 0.2) is 33.4 Å². The van der Waals surface area contributed by atoms with Crippen LogP contribution in [0.25, 0.3) is 0 Å². The smallest absolute Gasteiger partial charge is 0.159 e. The van der Waals surface area contributed by atoms with Gasteiger partial charge in [0, 0.05) is 4.83 Å². The number of hydrogen-bond acceptors (Lipinski definition) is 1. The first-order chi connectivity index (χ1) is 8.06. The Morgan fingerprint density at radius 1 is 1.18 bits per heavy atom. The lowest BCUT2D eigenvalue weighted by Gasteiger charge is -2.08. The van der Waals surface area contributed by atoms with E-state index in [2.05, 4.69) is 31.9 Å². The van der Waals surface area contributed by atoms with E-state index in [1.54, 1.807) is 17.4 Å². The molecule has 0 aliphatic heterocycles. The van der Waals surface area contributed by atoms with E-state index < -0.39 is 11.6 Å². The Labute approximate surface area is 119 Å². The van der Waals surface area contributed by atoms with E-state index in [0.717, 1.165) is 21.0 Å². The minimum absolute atomic E-state index is 0.106. The molecule has 0 bridgehead atoms. The Morgan fingerprint density at radius 3 is 2.53 bits per heavy atom. The molecule has 0 radical (unpaired) electrons. The zero-order valence-electron chi connectivity index (χ0n) is 8.59. The minimum Gasteiger partial charge on any atom is -0.204 e. The predicted octanol–water partition coefficient (Wildman–Crippen LogP) is 5.47. The lowest BCUT2D eigenvalue weighted by molar-refractivity contribution is 0.507. The molecule has 0 saturated carbocycles. The SMILES string of the molecule is Fc1ccc(CC(Br)c2csc(Br)c2)cc1F. The summed E-state index contributed by atoms with van der Waals surface area (Å²) in [5.41, 5.74) is 1.90. The molecule has 0 spiro atoms. The van der Waals surface area contributed by atoms with Gasteiger partial charge in [-0.15, -0.1) is 11.3 Å². The maximum Gasteiger partial charge on any atom is 0.159 e. The number of rotatable bonds is 3. The highest BCUT2D eigenvalue weighted by Gasteiger charge is 2.11. The van der Waals surface area contributed by atoms with Crippen molar-refractivity contribution in [3.63, 3.8) is 0 Å². The number of hydrogen-bond donors (Lipinski definition) is 0. The van der Waals surface area contributed by atoms with Crippen LogP contribution in [0.4, 0.5) is 8.78 Å². The van der Waals surface area contributed by atoms with Crippen LogP contribution in [0.2, 0.25) is 0 Å².